The average molecular weight is 383 g/mol. The summed E-state index contributed by atoms with van der Waals surface area (Å²) in [7, 11) is 0. The molecule has 2 N–H and O–H groups in total. The quantitative estimate of drug-likeness (QED) is 0.831. The fraction of sp³-hybridized carbons (Fsp3) is 0.455. The van der Waals surface area contributed by atoms with Gasteiger partial charge >= 0.3 is 0 Å². The molecule has 0 atom stereocenters. The molecule has 3 aliphatic carbocycles. The number of halogens is 2. The fourth-order valence-corrected chi connectivity index (χ4v) is 5.18. The maximum absolute atomic E-state index is 14.9. The Morgan fingerprint density at radius 2 is 1.93 bits per heavy atom. The van der Waals surface area contributed by atoms with Gasteiger partial charge in [0.15, 0.2) is 0 Å². The topological polar surface area (TPSA) is 54.0 Å². The number of aromatic nitrogens is 1. The number of aryl methyl sites for hydroxylation is 1. The van der Waals surface area contributed by atoms with Gasteiger partial charge in [-0.15, -0.1) is 0 Å². The highest BCUT2D eigenvalue weighted by Gasteiger charge is 2.88. The van der Waals surface area contributed by atoms with E-state index >= 15 is 0 Å². The van der Waals surface area contributed by atoms with Gasteiger partial charge in [0.05, 0.1) is 22.9 Å². The van der Waals surface area contributed by atoms with E-state index in [0.717, 1.165) is 30.8 Å². The maximum Gasteiger partial charge on any atom is 0.264 e. The Hall–Kier alpha value is -2.50. The molecule has 2 aromatic rings. The van der Waals surface area contributed by atoms with Gasteiger partial charge in [0.25, 0.3) is 5.92 Å². The molecule has 4 aliphatic rings. The van der Waals surface area contributed by atoms with Crippen molar-refractivity contribution in [2.75, 3.05) is 18.4 Å². The minimum absolute atomic E-state index is 0.0244. The van der Waals surface area contributed by atoms with E-state index in [4.69, 9.17) is 0 Å². The second-order valence-electron chi connectivity index (χ2n) is 8.45. The van der Waals surface area contributed by atoms with Crippen LogP contribution in [0.5, 0.6) is 0 Å². The van der Waals surface area contributed by atoms with Crippen LogP contribution in [0.4, 0.5) is 14.6 Å². The standard InChI is InChI=1S/C22H23F2N3O/c23-22(24)20(12-21(22,13-20)16-6-2-1-3-7-16)14-26-18(28)11-17-9-8-15-5-4-10-25-19(15)27-17/h1-3,6-9H,4-5,10-14H2,(H,25,27)(H,26,28). The van der Waals surface area contributed by atoms with E-state index < -0.39 is 16.8 Å². The van der Waals surface area contributed by atoms with E-state index in [9.17, 15) is 13.6 Å². The van der Waals surface area contributed by atoms with Crippen molar-refractivity contribution >= 4 is 11.7 Å². The monoisotopic (exact) mass is 383 g/mol. The fourth-order valence-electron chi connectivity index (χ4n) is 5.18. The Balaban J connectivity index is 1.20. The van der Waals surface area contributed by atoms with Crippen LogP contribution in [0, 0.1) is 5.41 Å². The van der Waals surface area contributed by atoms with Crippen molar-refractivity contribution in [3.8, 4) is 0 Å². The summed E-state index contributed by atoms with van der Waals surface area (Å²) in [4.78, 5) is 16.8. The number of nitrogens with one attached hydrogen (secondary N) is 2. The number of alkyl halides is 2. The smallest absolute Gasteiger partial charge is 0.264 e. The molecule has 6 heteroatoms. The summed E-state index contributed by atoms with van der Waals surface area (Å²) < 4.78 is 29.7. The first-order valence-electron chi connectivity index (χ1n) is 9.89. The van der Waals surface area contributed by atoms with Gasteiger partial charge in [-0.2, -0.15) is 0 Å². The highest BCUT2D eigenvalue weighted by molar-refractivity contribution is 5.78. The minimum Gasteiger partial charge on any atom is -0.370 e. The van der Waals surface area contributed by atoms with E-state index in [0.29, 0.717) is 24.1 Å². The molecule has 1 aliphatic heterocycles. The molecule has 0 saturated heterocycles. The zero-order valence-electron chi connectivity index (χ0n) is 15.6. The molecule has 1 amide bonds. The van der Waals surface area contributed by atoms with Crippen molar-refractivity contribution < 1.29 is 13.6 Å². The summed E-state index contributed by atoms with van der Waals surface area (Å²) in [5, 5.41) is 5.98. The summed E-state index contributed by atoms with van der Waals surface area (Å²) in [6.07, 6.45) is 3.04. The lowest BCUT2D eigenvalue weighted by molar-refractivity contribution is -0.367. The minimum atomic E-state index is -2.78. The number of rotatable bonds is 5. The van der Waals surface area contributed by atoms with E-state index in [-0.39, 0.29) is 18.9 Å². The number of nitrogens with zero attached hydrogens (tertiary/aromatic N) is 1. The molecule has 0 unspecified atom stereocenters. The van der Waals surface area contributed by atoms with Gasteiger partial charge < -0.3 is 10.6 Å². The lowest BCUT2D eigenvalue weighted by atomic mass is 9.30. The number of fused-ring (bicyclic) bond motifs is 1. The third-order valence-electron chi connectivity index (χ3n) is 6.79. The van der Waals surface area contributed by atoms with Crippen LogP contribution in [0.15, 0.2) is 42.5 Å². The van der Waals surface area contributed by atoms with Crippen LogP contribution in [0.1, 0.15) is 36.1 Å². The van der Waals surface area contributed by atoms with Crippen molar-refractivity contribution in [2.24, 2.45) is 5.41 Å². The van der Waals surface area contributed by atoms with Gasteiger partial charge in [-0.25, -0.2) is 13.8 Å². The van der Waals surface area contributed by atoms with Crippen molar-refractivity contribution in [3.63, 3.8) is 0 Å². The number of pyridine rings is 1. The number of amides is 1. The molecule has 1 aromatic carbocycles. The van der Waals surface area contributed by atoms with Crippen LogP contribution >= 0.6 is 0 Å². The number of carbonyl (C=O) groups is 1. The van der Waals surface area contributed by atoms with Crippen LogP contribution in [-0.2, 0) is 23.1 Å². The SMILES string of the molecule is O=C(Cc1ccc2c(n1)NCCC2)NCC12CC(c3ccccc3)(C1)C2(F)F. The molecule has 2 heterocycles. The molecule has 146 valence electrons. The second kappa shape index (κ2) is 6.00. The van der Waals surface area contributed by atoms with E-state index in [1.165, 1.54) is 0 Å². The summed E-state index contributed by atoms with van der Waals surface area (Å²) in [5.41, 5.74) is 0.401. The Kier molecular flexibility index (Phi) is 3.77. The van der Waals surface area contributed by atoms with E-state index in [2.05, 4.69) is 15.6 Å². The molecule has 6 rings (SSSR count). The van der Waals surface area contributed by atoms with E-state index in [1.807, 2.05) is 18.2 Å². The molecule has 4 nitrogen and oxygen atoms in total. The predicted octanol–water partition coefficient (Wildman–Crippen LogP) is 3.47. The van der Waals surface area contributed by atoms with Gasteiger partial charge in [0.1, 0.15) is 5.82 Å². The highest BCUT2D eigenvalue weighted by Crippen LogP contribution is 2.81. The average Bonchev–Trinajstić information content (AvgIpc) is 2.67. The first-order valence-corrected chi connectivity index (χ1v) is 9.89. The largest absolute Gasteiger partial charge is 0.370 e. The van der Waals surface area contributed by atoms with Gasteiger partial charge in [0.2, 0.25) is 5.91 Å². The van der Waals surface area contributed by atoms with Crippen molar-refractivity contribution in [1.82, 2.24) is 10.3 Å². The number of benzene rings is 1. The number of anilines is 1. The summed E-state index contributed by atoms with van der Waals surface area (Å²) in [6, 6.07) is 12.9. The molecular weight excluding hydrogens is 360 g/mol. The van der Waals surface area contributed by atoms with Crippen LogP contribution in [0.2, 0.25) is 0 Å². The number of hydrogen-bond acceptors (Lipinski definition) is 3. The Bertz CT molecular complexity index is 923. The molecule has 1 aromatic heterocycles. The first kappa shape index (κ1) is 17.6. The molecule has 28 heavy (non-hydrogen) atoms. The zero-order chi connectivity index (χ0) is 19.4. The third kappa shape index (κ3) is 2.33. The summed E-state index contributed by atoms with van der Waals surface area (Å²) in [5.74, 6) is -2.19. The normalized spacial score (nSPS) is 28.9. The molecule has 0 radical (unpaired) electrons. The number of hydrogen-bond donors (Lipinski definition) is 2. The second-order valence-corrected chi connectivity index (χ2v) is 8.45. The Morgan fingerprint density at radius 3 is 2.68 bits per heavy atom. The first-order chi connectivity index (χ1) is 13.5. The van der Waals surface area contributed by atoms with Gasteiger partial charge in [0, 0.05) is 13.1 Å². The maximum atomic E-state index is 14.9. The van der Waals surface area contributed by atoms with Crippen LogP contribution < -0.4 is 10.6 Å². The number of carbonyl (C=O) groups excluding carboxylic acids is 1. The van der Waals surface area contributed by atoms with E-state index in [1.54, 1.807) is 24.3 Å². The third-order valence-corrected chi connectivity index (χ3v) is 6.79. The van der Waals surface area contributed by atoms with Crippen molar-refractivity contribution in [3.05, 3.63) is 59.3 Å². The Labute approximate surface area is 162 Å². The van der Waals surface area contributed by atoms with Crippen LogP contribution in [0.25, 0.3) is 0 Å². The molecule has 3 saturated carbocycles. The lowest BCUT2D eigenvalue weighted by Crippen LogP contribution is -2.83. The molecule has 2 bridgehead atoms. The molecule has 3 fully saturated rings. The van der Waals surface area contributed by atoms with Crippen LogP contribution in [0.3, 0.4) is 0 Å². The van der Waals surface area contributed by atoms with Gasteiger partial charge in [-0.3, -0.25) is 4.79 Å². The van der Waals surface area contributed by atoms with Crippen molar-refractivity contribution in [2.45, 2.75) is 43.4 Å². The summed E-state index contributed by atoms with van der Waals surface area (Å²) >= 11 is 0. The van der Waals surface area contributed by atoms with Gasteiger partial charge in [-0.1, -0.05) is 36.4 Å². The molecule has 0 spiro atoms. The summed E-state index contributed by atoms with van der Waals surface area (Å²) in [6.45, 7) is 0.910. The van der Waals surface area contributed by atoms with Crippen LogP contribution in [-0.4, -0.2) is 29.9 Å². The Morgan fingerprint density at radius 1 is 1.14 bits per heavy atom. The zero-order valence-corrected chi connectivity index (χ0v) is 15.6. The van der Waals surface area contributed by atoms with Gasteiger partial charge in [-0.05, 0) is 42.9 Å². The van der Waals surface area contributed by atoms with Crippen molar-refractivity contribution in [1.29, 1.82) is 0 Å². The predicted molar refractivity (Wildman–Crippen MR) is 102 cm³/mol. The molecular formula is C22H23F2N3O. The highest BCUT2D eigenvalue weighted by atomic mass is 19.3. The lowest BCUT2D eigenvalue weighted by Gasteiger charge is -2.75.